The van der Waals surface area contributed by atoms with Crippen LogP contribution in [0, 0.1) is 17.8 Å². The van der Waals surface area contributed by atoms with Gasteiger partial charge in [0.25, 0.3) is 0 Å². The normalized spacial score (nSPS) is 23.1. The maximum absolute atomic E-state index is 12.1. The summed E-state index contributed by atoms with van der Waals surface area (Å²) in [5.74, 6) is 2.27. The molecule has 2 aliphatic rings. The zero-order valence-electron chi connectivity index (χ0n) is 20.8. The average molecular weight is 467 g/mol. The summed E-state index contributed by atoms with van der Waals surface area (Å²) in [6.45, 7) is 7.35. The number of fused-ring (bicyclic) bond motifs is 3. The number of ether oxygens (including phenoxy) is 2. The van der Waals surface area contributed by atoms with Crippen molar-refractivity contribution in [2.75, 3.05) is 33.9 Å². The summed E-state index contributed by atoms with van der Waals surface area (Å²) >= 11 is 0. The van der Waals surface area contributed by atoms with Crippen LogP contribution in [0.2, 0.25) is 0 Å². The van der Waals surface area contributed by atoms with E-state index < -0.39 is 12.0 Å². The predicted molar refractivity (Wildman–Crippen MR) is 133 cm³/mol. The highest BCUT2D eigenvalue weighted by molar-refractivity contribution is 5.75. The minimum Gasteiger partial charge on any atom is -0.493 e. The first-order valence-corrected chi connectivity index (χ1v) is 12.4. The molecule has 1 fully saturated rings. The van der Waals surface area contributed by atoms with E-state index >= 15 is 0 Å². The Balaban J connectivity index is 1.58. The van der Waals surface area contributed by atoms with Crippen molar-refractivity contribution in [3.63, 3.8) is 0 Å². The van der Waals surface area contributed by atoms with Gasteiger partial charge < -0.3 is 19.9 Å². The van der Waals surface area contributed by atoms with Crippen LogP contribution in [0.25, 0.3) is 0 Å². The Labute approximate surface area is 203 Å². The number of nitrogens with one attached hydrogen (secondary N) is 1. The highest BCUT2D eigenvalue weighted by Crippen LogP contribution is 2.45. The number of carboxylic acid groups (broad SMARTS) is 1. The van der Waals surface area contributed by atoms with Crippen molar-refractivity contribution < 1.29 is 19.4 Å². The van der Waals surface area contributed by atoms with Gasteiger partial charge in [-0.2, -0.15) is 0 Å². The van der Waals surface area contributed by atoms with Gasteiger partial charge in [-0.25, -0.2) is 0 Å². The highest BCUT2D eigenvalue weighted by Gasteiger charge is 2.39. The number of carboxylic acids is 1. The molecule has 4 atom stereocenters. The molecule has 0 saturated carbocycles. The lowest BCUT2D eigenvalue weighted by molar-refractivity contribution is -0.139. The number of rotatable bonds is 9. The molecule has 0 radical (unpaired) electrons. The van der Waals surface area contributed by atoms with E-state index in [1.165, 1.54) is 11.1 Å². The van der Waals surface area contributed by atoms with Crippen molar-refractivity contribution in [3.05, 3.63) is 59.2 Å². The fraction of sp³-hybridized carbons (Fsp3) is 0.536. The van der Waals surface area contributed by atoms with Gasteiger partial charge in [0.1, 0.15) is 6.04 Å². The Kier molecular flexibility index (Phi) is 7.79. The zero-order valence-corrected chi connectivity index (χ0v) is 20.8. The summed E-state index contributed by atoms with van der Waals surface area (Å²) in [6.07, 6.45) is 3.17. The number of hydrogen-bond acceptors (Lipinski definition) is 5. The fourth-order valence-corrected chi connectivity index (χ4v) is 5.89. The van der Waals surface area contributed by atoms with Gasteiger partial charge in [0.15, 0.2) is 11.5 Å². The number of carbonyl (C=O) groups is 1. The number of benzene rings is 2. The maximum atomic E-state index is 12.1. The third-order valence-electron chi connectivity index (χ3n) is 7.51. The van der Waals surface area contributed by atoms with E-state index in [9.17, 15) is 9.90 Å². The molecule has 184 valence electrons. The molecule has 0 aromatic heterocycles. The van der Waals surface area contributed by atoms with Gasteiger partial charge in [0.05, 0.1) is 14.2 Å². The molecule has 0 spiro atoms. The van der Waals surface area contributed by atoms with E-state index in [4.69, 9.17) is 9.47 Å². The number of nitrogens with zero attached hydrogens (tertiary/aromatic N) is 1. The van der Waals surface area contributed by atoms with Crippen molar-refractivity contribution in [3.8, 4) is 11.5 Å². The van der Waals surface area contributed by atoms with Crippen LogP contribution in [0.4, 0.5) is 0 Å². The molecule has 1 saturated heterocycles. The summed E-state index contributed by atoms with van der Waals surface area (Å²) in [4.78, 5) is 14.7. The van der Waals surface area contributed by atoms with Crippen LogP contribution in [0.15, 0.2) is 42.5 Å². The quantitative estimate of drug-likeness (QED) is 0.558. The number of piperidine rings is 1. The van der Waals surface area contributed by atoms with Crippen LogP contribution in [0.3, 0.4) is 0 Å². The first-order chi connectivity index (χ1) is 16.4. The van der Waals surface area contributed by atoms with Crippen molar-refractivity contribution >= 4 is 5.97 Å². The predicted octanol–water partition coefficient (Wildman–Crippen LogP) is 4.70. The van der Waals surface area contributed by atoms with E-state index in [-0.39, 0.29) is 0 Å². The van der Waals surface area contributed by atoms with Gasteiger partial charge in [-0.05, 0) is 72.4 Å². The molecule has 2 aliphatic heterocycles. The summed E-state index contributed by atoms with van der Waals surface area (Å²) in [5.41, 5.74) is 3.46. The monoisotopic (exact) mass is 466 g/mol. The molecule has 34 heavy (non-hydrogen) atoms. The minimum atomic E-state index is -0.830. The smallest absolute Gasteiger partial charge is 0.325 e. The van der Waals surface area contributed by atoms with E-state index in [1.54, 1.807) is 14.2 Å². The average Bonchev–Trinajstić information content (AvgIpc) is 2.83. The minimum absolute atomic E-state index is 0.318. The third-order valence-corrected chi connectivity index (χ3v) is 7.51. The maximum Gasteiger partial charge on any atom is 0.325 e. The van der Waals surface area contributed by atoms with Crippen molar-refractivity contribution in [2.45, 2.75) is 45.2 Å². The second-order valence-electron chi connectivity index (χ2n) is 10.1. The molecule has 0 aliphatic carbocycles. The Hall–Kier alpha value is -2.57. The van der Waals surface area contributed by atoms with Crippen LogP contribution in [-0.2, 0) is 11.2 Å². The van der Waals surface area contributed by atoms with E-state index in [0.29, 0.717) is 30.3 Å². The third kappa shape index (κ3) is 5.23. The molecular formula is C28H38N2O4. The van der Waals surface area contributed by atoms with Crippen LogP contribution >= 0.6 is 0 Å². The first-order valence-electron chi connectivity index (χ1n) is 12.4. The molecular weight excluding hydrogens is 428 g/mol. The lowest BCUT2D eigenvalue weighted by Gasteiger charge is -2.48. The summed E-state index contributed by atoms with van der Waals surface area (Å²) in [6, 6.07) is 13.4. The molecule has 0 bridgehead atoms. The zero-order chi connectivity index (χ0) is 24.2. The summed E-state index contributed by atoms with van der Waals surface area (Å²) in [5, 5.41) is 13.3. The largest absolute Gasteiger partial charge is 0.493 e. The number of methoxy groups -OCH3 is 2. The lowest BCUT2D eigenvalue weighted by Crippen LogP contribution is -2.49. The van der Waals surface area contributed by atoms with Gasteiger partial charge in [0, 0.05) is 19.1 Å². The summed E-state index contributed by atoms with van der Waals surface area (Å²) in [7, 11) is 3.37. The fourth-order valence-electron chi connectivity index (χ4n) is 5.89. The molecule has 4 rings (SSSR count). The second kappa shape index (κ2) is 10.8. The molecule has 6 nitrogen and oxygen atoms in total. The van der Waals surface area contributed by atoms with Gasteiger partial charge in [0.2, 0.25) is 0 Å². The molecule has 2 aromatic carbocycles. The standard InChI is InChI=1S/C28H38N2O4/c1-18(2)12-22-17-30-11-10-20-14-25(33-3)26(34-4)15-23(20)24(30)13-21(22)16-29-27(28(31)32)19-8-6-5-7-9-19/h5-9,14-15,18,21-22,24,27,29H,10-13,16-17H2,1-4H3,(H,31,32)/t21-,22+,24+,27-/m0/s1. The van der Waals surface area contributed by atoms with Crippen molar-refractivity contribution in [1.29, 1.82) is 0 Å². The Morgan fingerprint density at radius 2 is 1.82 bits per heavy atom. The second-order valence-corrected chi connectivity index (χ2v) is 10.1. The Morgan fingerprint density at radius 1 is 1.12 bits per heavy atom. The van der Waals surface area contributed by atoms with Gasteiger partial charge in [-0.1, -0.05) is 44.2 Å². The number of aliphatic carboxylic acids is 1. The topological polar surface area (TPSA) is 71.0 Å². The molecule has 2 heterocycles. The number of hydrogen-bond donors (Lipinski definition) is 2. The molecule has 2 N–H and O–H groups in total. The molecule has 0 unspecified atom stereocenters. The van der Waals surface area contributed by atoms with Crippen molar-refractivity contribution in [2.24, 2.45) is 17.8 Å². The molecule has 6 heteroatoms. The van der Waals surface area contributed by atoms with Crippen LogP contribution in [-0.4, -0.2) is 49.8 Å². The summed E-state index contributed by atoms with van der Waals surface area (Å²) < 4.78 is 11.2. The van der Waals surface area contributed by atoms with Crippen LogP contribution in [0.5, 0.6) is 11.5 Å². The highest BCUT2D eigenvalue weighted by atomic mass is 16.5. The van der Waals surface area contributed by atoms with Crippen LogP contribution in [0.1, 0.15) is 55.5 Å². The first kappa shape index (κ1) is 24.6. The van der Waals surface area contributed by atoms with Gasteiger partial charge >= 0.3 is 5.97 Å². The van der Waals surface area contributed by atoms with Gasteiger partial charge in [-0.3, -0.25) is 9.69 Å². The van der Waals surface area contributed by atoms with Crippen LogP contribution < -0.4 is 14.8 Å². The van der Waals surface area contributed by atoms with E-state index in [2.05, 4.69) is 36.2 Å². The van der Waals surface area contributed by atoms with Crippen molar-refractivity contribution in [1.82, 2.24) is 10.2 Å². The molecule has 0 amide bonds. The SMILES string of the molecule is COc1cc2c(cc1OC)[C@H]1C[C@@H](CN[C@H](C(=O)O)c3ccccc3)[C@H](CC(C)C)CN1CC2. The Morgan fingerprint density at radius 3 is 2.47 bits per heavy atom. The lowest BCUT2D eigenvalue weighted by atomic mass is 9.74. The van der Waals surface area contributed by atoms with E-state index in [0.717, 1.165) is 49.4 Å². The molecule has 2 aromatic rings. The Bertz CT molecular complexity index is 978. The van der Waals surface area contributed by atoms with Gasteiger partial charge in [-0.15, -0.1) is 0 Å². The van der Waals surface area contributed by atoms with E-state index in [1.807, 2.05) is 30.3 Å².